The highest BCUT2D eigenvalue weighted by atomic mass is 35.5. The Balaban J connectivity index is 1.48. The summed E-state index contributed by atoms with van der Waals surface area (Å²) in [6.45, 7) is 2.19. The number of anilines is 1. The van der Waals surface area contributed by atoms with Gasteiger partial charge in [-0.1, -0.05) is 47.5 Å². The number of nitrogens with one attached hydrogen (secondary N) is 2. The zero-order valence-corrected chi connectivity index (χ0v) is 18.1. The Kier molecular flexibility index (Phi) is 7.65. The van der Waals surface area contributed by atoms with Crippen molar-refractivity contribution in [1.29, 1.82) is 0 Å². The molecule has 0 aliphatic heterocycles. The van der Waals surface area contributed by atoms with Gasteiger partial charge in [-0.15, -0.1) is 0 Å². The number of halogens is 2. The zero-order chi connectivity index (χ0) is 22.2. The fraction of sp³-hybridized carbons (Fsp3) is 0.0870. The van der Waals surface area contributed by atoms with E-state index in [-0.39, 0.29) is 0 Å². The smallest absolute Gasteiger partial charge is 0.329 e. The molecule has 3 rings (SSSR count). The van der Waals surface area contributed by atoms with Gasteiger partial charge in [0, 0.05) is 21.3 Å². The predicted molar refractivity (Wildman–Crippen MR) is 123 cm³/mol. The van der Waals surface area contributed by atoms with Gasteiger partial charge < -0.3 is 10.1 Å². The van der Waals surface area contributed by atoms with E-state index >= 15 is 0 Å². The van der Waals surface area contributed by atoms with E-state index in [1.54, 1.807) is 42.5 Å². The van der Waals surface area contributed by atoms with Gasteiger partial charge in [0.15, 0.2) is 0 Å². The van der Waals surface area contributed by atoms with E-state index in [9.17, 15) is 9.59 Å². The van der Waals surface area contributed by atoms with Gasteiger partial charge in [-0.05, 0) is 60.5 Å². The molecule has 8 heteroatoms. The highest BCUT2D eigenvalue weighted by Gasteiger charge is 2.13. The molecular weight excluding hydrogens is 437 g/mol. The van der Waals surface area contributed by atoms with Crippen molar-refractivity contribution in [2.75, 3.05) is 5.32 Å². The first kappa shape index (κ1) is 22.3. The maximum Gasteiger partial charge on any atom is 0.329 e. The van der Waals surface area contributed by atoms with Gasteiger partial charge in [-0.3, -0.25) is 9.59 Å². The van der Waals surface area contributed by atoms with Crippen LogP contribution in [-0.2, 0) is 16.2 Å². The number of hydrogen-bond acceptors (Lipinski definition) is 4. The van der Waals surface area contributed by atoms with E-state index in [4.69, 9.17) is 27.9 Å². The van der Waals surface area contributed by atoms with Crippen molar-refractivity contribution in [3.8, 4) is 5.75 Å². The zero-order valence-electron chi connectivity index (χ0n) is 16.6. The van der Waals surface area contributed by atoms with Crippen molar-refractivity contribution in [2.24, 2.45) is 5.10 Å². The minimum Gasteiger partial charge on any atom is -0.489 e. The molecule has 0 atom stereocenters. The number of rotatable bonds is 6. The van der Waals surface area contributed by atoms with Crippen LogP contribution in [0, 0.1) is 6.92 Å². The number of carbonyl (C=O) groups is 2. The Labute approximate surface area is 189 Å². The van der Waals surface area contributed by atoms with E-state index < -0.39 is 11.8 Å². The maximum absolute atomic E-state index is 11.9. The maximum atomic E-state index is 11.9. The molecule has 0 aliphatic rings. The molecule has 0 saturated carbocycles. The standard InChI is InChI=1S/C23H19Cl2N3O3/c1-15-6-9-18(12-21(15)25)27-22(29)23(30)28-26-13-16-7-10-19(11-8-16)31-14-17-4-2-3-5-20(17)24/h2-13H,14H2,1H3,(H,27,29)(H,28,30)/b26-13-. The van der Waals surface area contributed by atoms with E-state index in [0.717, 1.165) is 16.7 Å². The van der Waals surface area contributed by atoms with E-state index in [0.29, 0.717) is 28.1 Å². The molecule has 0 spiro atoms. The van der Waals surface area contributed by atoms with E-state index in [1.165, 1.54) is 6.21 Å². The number of nitrogens with zero attached hydrogens (tertiary/aromatic N) is 1. The molecule has 0 radical (unpaired) electrons. The molecule has 0 aromatic heterocycles. The van der Waals surface area contributed by atoms with Crippen LogP contribution in [0.2, 0.25) is 10.0 Å². The quantitative estimate of drug-likeness (QED) is 0.312. The lowest BCUT2D eigenvalue weighted by atomic mass is 10.2. The summed E-state index contributed by atoms with van der Waals surface area (Å²) in [5.41, 5.74) is 5.09. The third-order valence-electron chi connectivity index (χ3n) is 4.25. The van der Waals surface area contributed by atoms with Crippen molar-refractivity contribution in [3.63, 3.8) is 0 Å². The van der Waals surface area contributed by atoms with Crippen molar-refractivity contribution < 1.29 is 14.3 Å². The lowest BCUT2D eigenvalue weighted by Crippen LogP contribution is -2.32. The number of benzene rings is 3. The number of aryl methyl sites for hydroxylation is 1. The van der Waals surface area contributed by atoms with Crippen LogP contribution in [-0.4, -0.2) is 18.0 Å². The van der Waals surface area contributed by atoms with Gasteiger partial charge >= 0.3 is 11.8 Å². The molecular formula is C23H19Cl2N3O3. The lowest BCUT2D eigenvalue weighted by molar-refractivity contribution is -0.136. The molecule has 0 saturated heterocycles. The molecule has 2 amide bonds. The lowest BCUT2D eigenvalue weighted by Gasteiger charge is -2.07. The van der Waals surface area contributed by atoms with Gasteiger partial charge in [-0.25, -0.2) is 5.43 Å². The molecule has 31 heavy (non-hydrogen) atoms. The third-order valence-corrected chi connectivity index (χ3v) is 5.02. The molecule has 0 bridgehead atoms. The first-order valence-corrected chi connectivity index (χ1v) is 10.0. The Bertz CT molecular complexity index is 1120. The number of amides is 2. The summed E-state index contributed by atoms with van der Waals surface area (Å²) in [5, 5.41) is 7.41. The molecule has 0 fully saturated rings. The van der Waals surface area contributed by atoms with Gasteiger partial charge in [0.05, 0.1) is 6.21 Å². The van der Waals surface area contributed by atoms with Crippen LogP contribution in [0.5, 0.6) is 5.75 Å². The number of hydrazone groups is 1. The van der Waals surface area contributed by atoms with Crippen molar-refractivity contribution >= 4 is 46.9 Å². The largest absolute Gasteiger partial charge is 0.489 e. The Hall–Kier alpha value is -3.35. The van der Waals surface area contributed by atoms with Crippen LogP contribution in [0.15, 0.2) is 71.8 Å². The normalized spacial score (nSPS) is 10.7. The van der Waals surface area contributed by atoms with Gasteiger partial charge in [0.1, 0.15) is 12.4 Å². The van der Waals surface area contributed by atoms with Crippen LogP contribution in [0.25, 0.3) is 0 Å². The monoisotopic (exact) mass is 455 g/mol. The highest BCUT2D eigenvalue weighted by Crippen LogP contribution is 2.20. The highest BCUT2D eigenvalue weighted by molar-refractivity contribution is 6.39. The summed E-state index contributed by atoms with van der Waals surface area (Å²) in [7, 11) is 0. The average molecular weight is 456 g/mol. The number of ether oxygens (including phenoxy) is 1. The minimum absolute atomic E-state index is 0.352. The SMILES string of the molecule is Cc1ccc(NC(=O)C(=O)N/N=C\c2ccc(OCc3ccccc3Cl)cc2)cc1Cl. The van der Waals surface area contributed by atoms with Crippen molar-refractivity contribution in [1.82, 2.24) is 5.43 Å². The Morgan fingerprint density at radius 1 is 0.968 bits per heavy atom. The summed E-state index contributed by atoms with van der Waals surface area (Å²) < 4.78 is 5.71. The fourth-order valence-electron chi connectivity index (χ4n) is 2.50. The molecule has 158 valence electrons. The summed E-state index contributed by atoms with van der Waals surface area (Å²) >= 11 is 12.1. The predicted octanol–water partition coefficient (Wildman–Crippen LogP) is 4.97. The summed E-state index contributed by atoms with van der Waals surface area (Å²) in [4.78, 5) is 23.8. The molecule has 0 unspecified atom stereocenters. The van der Waals surface area contributed by atoms with Gasteiger partial charge in [0.2, 0.25) is 0 Å². The summed E-state index contributed by atoms with van der Waals surface area (Å²) in [5.74, 6) is -1.08. The molecule has 6 nitrogen and oxygen atoms in total. The van der Waals surface area contributed by atoms with Gasteiger partial charge in [-0.2, -0.15) is 5.10 Å². The van der Waals surface area contributed by atoms with Gasteiger partial charge in [0.25, 0.3) is 0 Å². The average Bonchev–Trinajstić information content (AvgIpc) is 2.76. The number of hydrogen-bond donors (Lipinski definition) is 2. The summed E-state index contributed by atoms with van der Waals surface area (Å²) in [6.07, 6.45) is 1.42. The Morgan fingerprint density at radius 2 is 1.71 bits per heavy atom. The topological polar surface area (TPSA) is 79.8 Å². The second kappa shape index (κ2) is 10.6. The van der Waals surface area contributed by atoms with Crippen molar-refractivity contribution in [2.45, 2.75) is 13.5 Å². The second-order valence-corrected chi connectivity index (χ2v) is 7.38. The minimum atomic E-state index is -0.896. The van der Waals surface area contributed by atoms with Crippen LogP contribution >= 0.6 is 23.2 Å². The van der Waals surface area contributed by atoms with E-state index in [1.807, 2.05) is 31.2 Å². The third kappa shape index (κ3) is 6.57. The second-order valence-electron chi connectivity index (χ2n) is 6.57. The molecule has 0 aliphatic carbocycles. The van der Waals surface area contributed by atoms with Crippen LogP contribution in [0.1, 0.15) is 16.7 Å². The van der Waals surface area contributed by atoms with Crippen LogP contribution in [0.3, 0.4) is 0 Å². The summed E-state index contributed by atoms with van der Waals surface area (Å²) in [6, 6.07) is 19.5. The fourth-order valence-corrected chi connectivity index (χ4v) is 2.87. The molecule has 3 aromatic rings. The van der Waals surface area contributed by atoms with Crippen LogP contribution in [0.4, 0.5) is 5.69 Å². The van der Waals surface area contributed by atoms with E-state index in [2.05, 4.69) is 15.8 Å². The van der Waals surface area contributed by atoms with Crippen molar-refractivity contribution in [3.05, 3.63) is 93.5 Å². The molecule has 3 aromatic carbocycles. The molecule has 0 heterocycles. The first-order valence-electron chi connectivity index (χ1n) is 9.29. The van der Waals surface area contributed by atoms with Crippen LogP contribution < -0.4 is 15.5 Å². The number of carbonyl (C=O) groups excluding carboxylic acids is 2. The molecule has 2 N–H and O–H groups in total. The Morgan fingerprint density at radius 3 is 2.42 bits per heavy atom. The first-order chi connectivity index (χ1) is 14.9.